The van der Waals surface area contributed by atoms with Gasteiger partial charge in [-0.25, -0.2) is 0 Å². The second-order valence-corrected chi connectivity index (χ2v) is 6.27. The van der Waals surface area contributed by atoms with Crippen LogP contribution in [0.5, 0.6) is 0 Å². The molecule has 170 valence electrons. The fraction of sp³-hybridized carbons (Fsp3) is 0.545. The molecule has 0 atom stereocenters. The molecule has 1 aromatic heterocycles. The molecule has 0 bridgehead atoms. The summed E-state index contributed by atoms with van der Waals surface area (Å²) in [5.74, 6) is -32.5. The maximum Gasteiger partial charge on any atom is 0.460 e. The summed E-state index contributed by atoms with van der Waals surface area (Å²) in [6.45, 7) is 0. The van der Waals surface area contributed by atoms with Crippen molar-refractivity contribution < 1.29 is 70.0 Å². The van der Waals surface area contributed by atoms with E-state index in [1.54, 1.807) is 12.4 Å². The van der Waals surface area contributed by atoms with E-state index in [1.807, 2.05) is 18.2 Å². The number of aromatic nitrogens is 1. The van der Waals surface area contributed by atoms with Crippen molar-refractivity contribution in [2.45, 2.75) is 35.1 Å². The Hall–Kier alpha value is -1.85. The largest absolute Gasteiger partial charge is 0.460 e. The first-order valence-electron chi connectivity index (χ1n) is 6.28. The first kappa shape index (κ1) is 27.1. The molecule has 0 fully saturated rings. The monoisotopic (exact) mass is 479 g/mol. The molecule has 29 heavy (non-hydrogen) atoms. The Kier molecular flexibility index (Phi) is 7.27. The van der Waals surface area contributed by atoms with Crippen molar-refractivity contribution >= 4 is 10.1 Å². The van der Waals surface area contributed by atoms with Crippen molar-refractivity contribution in [3.63, 3.8) is 0 Å². The molecule has 0 spiro atoms. The molecule has 18 heteroatoms. The molecular formula is C11H6F13NO3S. The van der Waals surface area contributed by atoms with Crippen LogP contribution in [0.25, 0.3) is 0 Å². The summed E-state index contributed by atoms with van der Waals surface area (Å²) < 4.78 is 188. The summed E-state index contributed by atoms with van der Waals surface area (Å²) >= 11 is 0. The Balaban J connectivity index is 0.00000110. The summed E-state index contributed by atoms with van der Waals surface area (Å²) in [7, 11) is -7.61. The summed E-state index contributed by atoms with van der Waals surface area (Å²) in [6.07, 6.45) is -4.09. The van der Waals surface area contributed by atoms with Crippen LogP contribution in [0.1, 0.15) is 0 Å². The van der Waals surface area contributed by atoms with Crippen molar-refractivity contribution in [3.05, 3.63) is 30.6 Å². The van der Waals surface area contributed by atoms with E-state index in [0.717, 1.165) is 0 Å². The van der Waals surface area contributed by atoms with Crippen LogP contribution in [0.2, 0.25) is 0 Å². The van der Waals surface area contributed by atoms with Crippen molar-refractivity contribution in [1.29, 1.82) is 0 Å². The van der Waals surface area contributed by atoms with Crippen molar-refractivity contribution in [2.24, 2.45) is 0 Å². The lowest BCUT2D eigenvalue weighted by Gasteiger charge is -2.38. The Morgan fingerprint density at radius 2 is 0.931 bits per heavy atom. The molecule has 0 amide bonds. The van der Waals surface area contributed by atoms with Crippen LogP contribution in [-0.4, -0.2) is 53.1 Å². The molecule has 0 saturated carbocycles. The maximum absolute atomic E-state index is 12.7. The Morgan fingerprint density at radius 1 is 0.586 bits per heavy atom. The highest BCUT2D eigenvalue weighted by Crippen LogP contribution is 2.60. The fourth-order valence-corrected chi connectivity index (χ4v) is 1.68. The van der Waals surface area contributed by atoms with E-state index in [0.29, 0.717) is 0 Å². The summed E-state index contributed by atoms with van der Waals surface area (Å²) in [5.41, 5.74) is 0. The van der Waals surface area contributed by atoms with Crippen LogP contribution in [0.4, 0.5) is 57.1 Å². The third-order valence-corrected chi connectivity index (χ3v) is 3.70. The van der Waals surface area contributed by atoms with Gasteiger partial charge in [0.1, 0.15) is 0 Å². The molecule has 0 aromatic carbocycles. The van der Waals surface area contributed by atoms with E-state index >= 15 is 0 Å². The van der Waals surface area contributed by atoms with E-state index in [1.165, 1.54) is 0 Å². The van der Waals surface area contributed by atoms with Gasteiger partial charge in [-0.3, -0.25) is 9.54 Å². The first-order chi connectivity index (χ1) is 12.5. The van der Waals surface area contributed by atoms with E-state index in [-0.39, 0.29) is 0 Å². The van der Waals surface area contributed by atoms with Gasteiger partial charge in [-0.2, -0.15) is 65.5 Å². The van der Waals surface area contributed by atoms with Crippen LogP contribution in [0.15, 0.2) is 30.6 Å². The minimum absolute atomic E-state index is 1.75. The zero-order valence-corrected chi connectivity index (χ0v) is 13.7. The smallest absolute Gasteiger partial charge is 0.281 e. The molecule has 0 aliphatic carbocycles. The number of nitrogens with zero attached hydrogens (tertiary/aromatic N) is 1. The van der Waals surface area contributed by atoms with Crippen molar-refractivity contribution in [2.75, 3.05) is 0 Å². The molecule has 1 aromatic rings. The predicted octanol–water partition coefficient (Wildman–Crippen LogP) is 4.65. The normalized spacial score (nSPS) is 14.8. The van der Waals surface area contributed by atoms with Gasteiger partial charge in [0.25, 0.3) is 0 Å². The van der Waals surface area contributed by atoms with Gasteiger partial charge in [0.2, 0.25) is 0 Å². The van der Waals surface area contributed by atoms with E-state index in [2.05, 4.69) is 4.98 Å². The number of alkyl halides is 13. The summed E-state index contributed by atoms with van der Waals surface area (Å²) in [4.78, 5) is 3.78. The third-order valence-electron chi connectivity index (χ3n) is 2.80. The van der Waals surface area contributed by atoms with Gasteiger partial charge in [-0.05, 0) is 12.1 Å². The zero-order valence-electron chi connectivity index (χ0n) is 12.9. The van der Waals surface area contributed by atoms with Crippen LogP contribution < -0.4 is 0 Å². The van der Waals surface area contributed by atoms with Gasteiger partial charge in [0.05, 0.1) is 0 Å². The van der Waals surface area contributed by atoms with Crippen LogP contribution in [0.3, 0.4) is 0 Å². The SMILES string of the molecule is O=S(=O)(O)C(F)(F)C(F)(F)C(F)(F)C(F)(F)C(F)(F)C(F)(F)F.c1ccncc1. The highest BCUT2D eigenvalue weighted by molar-refractivity contribution is 7.87. The van der Waals surface area contributed by atoms with Gasteiger partial charge < -0.3 is 0 Å². The standard InChI is InChI=1S/C6HF13O3S.C5H5N/c7-1(8,3(11,12)5(15,16)17)2(9,10)4(13,14)6(18,19)23(20,21)22;1-2-4-6-5-3-1/h(H,20,21,22);1-5H. The second-order valence-electron chi connectivity index (χ2n) is 4.81. The molecule has 1 N–H and O–H groups in total. The van der Waals surface area contributed by atoms with Crippen molar-refractivity contribution in [1.82, 2.24) is 4.98 Å². The molecule has 0 unspecified atom stereocenters. The first-order valence-corrected chi connectivity index (χ1v) is 7.72. The van der Waals surface area contributed by atoms with Gasteiger partial charge in [-0.1, -0.05) is 6.07 Å². The van der Waals surface area contributed by atoms with Gasteiger partial charge >= 0.3 is 45.2 Å². The highest BCUT2D eigenvalue weighted by atomic mass is 32.2. The van der Waals surface area contributed by atoms with Crippen molar-refractivity contribution in [3.8, 4) is 0 Å². The molecular weight excluding hydrogens is 473 g/mol. The number of rotatable bonds is 5. The van der Waals surface area contributed by atoms with Gasteiger partial charge in [0.15, 0.2) is 0 Å². The van der Waals surface area contributed by atoms with Crippen LogP contribution in [0, 0.1) is 0 Å². The average Bonchev–Trinajstić information content (AvgIpc) is 2.54. The minimum atomic E-state index is -8.25. The van der Waals surface area contributed by atoms with E-state index in [4.69, 9.17) is 4.55 Å². The molecule has 0 aliphatic heterocycles. The summed E-state index contributed by atoms with van der Waals surface area (Å²) in [5, 5.41) is -7.52. The maximum atomic E-state index is 12.7. The molecule has 1 heterocycles. The summed E-state index contributed by atoms with van der Waals surface area (Å²) in [6, 6.07) is 5.72. The lowest BCUT2D eigenvalue weighted by Crippen LogP contribution is -2.71. The third kappa shape index (κ3) is 4.51. The number of hydrogen-bond acceptors (Lipinski definition) is 3. The number of pyridine rings is 1. The van der Waals surface area contributed by atoms with Crippen LogP contribution >= 0.6 is 0 Å². The van der Waals surface area contributed by atoms with Gasteiger partial charge in [0, 0.05) is 12.4 Å². The second kappa shape index (κ2) is 7.77. The van der Waals surface area contributed by atoms with E-state index < -0.39 is 45.2 Å². The predicted molar refractivity (Wildman–Crippen MR) is 66.6 cm³/mol. The lowest BCUT2D eigenvalue weighted by molar-refractivity contribution is -0.433. The van der Waals surface area contributed by atoms with E-state index in [9.17, 15) is 65.5 Å². The molecule has 0 radical (unpaired) electrons. The number of hydrogen-bond donors (Lipinski definition) is 1. The highest BCUT2D eigenvalue weighted by Gasteiger charge is 2.92. The fourth-order valence-electron chi connectivity index (χ4n) is 1.23. The minimum Gasteiger partial charge on any atom is -0.281 e. The zero-order chi connectivity index (χ0) is 23.7. The number of halogens is 13. The quantitative estimate of drug-likeness (QED) is 0.494. The average molecular weight is 479 g/mol. The molecule has 0 aliphatic rings. The molecule has 1 rings (SSSR count). The molecule has 0 saturated heterocycles. The Labute approximate surface area is 152 Å². The molecule has 4 nitrogen and oxygen atoms in total. The topological polar surface area (TPSA) is 67.3 Å². The van der Waals surface area contributed by atoms with Crippen LogP contribution in [-0.2, 0) is 10.1 Å². The van der Waals surface area contributed by atoms with Gasteiger partial charge in [-0.15, -0.1) is 0 Å². The Morgan fingerprint density at radius 3 is 1.14 bits per heavy atom. The lowest BCUT2D eigenvalue weighted by atomic mass is 9.98. The Bertz CT molecular complexity index is 750.